The van der Waals surface area contributed by atoms with Crippen molar-refractivity contribution in [2.24, 2.45) is 0 Å². The van der Waals surface area contributed by atoms with Crippen LogP contribution in [0.25, 0.3) is 0 Å². The molecule has 1 aromatic rings. The highest BCUT2D eigenvalue weighted by Gasteiger charge is 2.24. The van der Waals surface area contributed by atoms with E-state index in [2.05, 4.69) is 5.32 Å². The normalized spacial score (nSPS) is 11.7. The molecule has 1 N–H and O–H groups in total. The van der Waals surface area contributed by atoms with Crippen molar-refractivity contribution >= 4 is 5.69 Å². The minimum Gasteiger partial charge on any atom is -0.491 e. The molecule has 72 valence electrons. The van der Waals surface area contributed by atoms with Crippen molar-refractivity contribution in [3.8, 4) is 5.75 Å². The van der Waals surface area contributed by atoms with Crippen LogP contribution in [0.5, 0.6) is 5.75 Å². The first-order valence-corrected chi connectivity index (χ1v) is 4.02. The number of hydrogen-bond acceptors (Lipinski definition) is 4. The maximum Gasteiger partial charge on any atom is 0.271 e. The lowest BCUT2D eigenvalue weighted by atomic mass is 10.1. The van der Waals surface area contributed by atoms with Crippen LogP contribution < -0.4 is 20.9 Å². The van der Waals surface area contributed by atoms with Crippen LogP contribution in [0.4, 0.5) is 5.69 Å². The Morgan fingerprint density at radius 2 is 1.69 bits per heavy atom. The second-order valence-electron chi connectivity index (χ2n) is 3.94. The summed E-state index contributed by atoms with van der Waals surface area (Å²) in [5.41, 5.74) is -0.990. The Bertz CT molecular complexity index is 380. The largest absolute Gasteiger partial charge is 0.491 e. The van der Waals surface area contributed by atoms with Crippen LogP contribution in [-0.4, -0.2) is 12.6 Å². The highest BCUT2D eigenvalue weighted by Crippen LogP contribution is 2.20. The number of ether oxygens (including phenoxy) is 1. The molecule has 0 radical (unpaired) electrons. The Hall–Kier alpha value is -1.32. The van der Waals surface area contributed by atoms with Crippen LogP contribution in [0.2, 0.25) is 0 Å². The van der Waals surface area contributed by atoms with E-state index in [-0.39, 0.29) is 11.3 Å². The van der Waals surface area contributed by atoms with Gasteiger partial charge in [-0.25, -0.2) is 0 Å². The average Bonchev–Trinajstić information content (AvgIpc) is 2.01. The third-order valence-corrected chi connectivity index (χ3v) is 1.57. The van der Waals surface area contributed by atoms with E-state index in [1.165, 1.54) is 7.11 Å². The number of rotatable bonds is 2. The fourth-order valence-corrected chi connectivity index (χ4v) is 1.05. The second kappa shape index (κ2) is 2.87. The van der Waals surface area contributed by atoms with E-state index in [4.69, 9.17) is 4.74 Å². The van der Waals surface area contributed by atoms with Gasteiger partial charge in [-0.05, 0) is 20.8 Å². The predicted octanol–water partition coefficient (Wildman–Crippen LogP) is 0.502. The zero-order chi connectivity index (χ0) is 10.2. The molecule has 1 rings (SSSR count). The summed E-state index contributed by atoms with van der Waals surface area (Å²) in [6, 6.07) is 0. The average molecular weight is 183 g/mol. The van der Waals surface area contributed by atoms with Gasteiger partial charge in [-0.2, -0.15) is 0 Å². The van der Waals surface area contributed by atoms with Gasteiger partial charge in [0.2, 0.25) is 0 Å². The molecule has 0 aliphatic heterocycles. The molecule has 13 heavy (non-hydrogen) atoms. The van der Waals surface area contributed by atoms with Gasteiger partial charge >= 0.3 is 0 Å². The van der Waals surface area contributed by atoms with Gasteiger partial charge in [-0.1, -0.05) is 0 Å². The Morgan fingerprint density at radius 1 is 1.15 bits per heavy atom. The molecular weight excluding hydrogens is 170 g/mol. The Labute approximate surface area is 76.2 Å². The summed E-state index contributed by atoms with van der Waals surface area (Å²) in [5.74, 6) is 0.139. The number of methoxy groups -OCH3 is 1. The van der Waals surface area contributed by atoms with E-state index >= 15 is 0 Å². The molecule has 0 spiro atoms. The molecule has 0 atom stereocenters. The zero-order valence-electron chi connectivity index (χ0n) is 8.22. The fourth-order valence-electron chi connectivity index (χ4n) is 1.05. The topological polar surface area (TPSA) is 55.4 Å². The first-order valence-electron chi connectivity index (χ1n) is 4.02. The molecule has 0 unspecified atom stereocenters. The van der Waals surface area contributed by atoms with Crippen LogP contribution in [0.3, 0.4) is 0 Å². The Morgan fingerprint density at radius 3 is 2.08 bits per heavy atom. The number of anilines is 1. The zero-order valence-corrected chi connectivity index (χ0v) is 8.22. The molecule has 0 amide bonds. The molecule has 4 nitrogen and oxygen atoms in total. The summed E-state index contributed by atoms with van der Waals surface area (Å²) in [4.78, 5) is 22.0. The molecule has 4 heteroatoms. The van der Waals surface area contributed by atoms with Gasteiger partial charge in [-0.15, -0.1) is 0 Å². The van der Waals surface area contributed by atoms with Crippen molar-refractivity contribution in [1.82, 2.24) is 0 Å². The molecule has 0 aromatic heterocycles. The number of hydrogen-bond donors (Lipinski definition) is 1. The first-order chi connectivity index (χ1) is 5.87. The van der Waals surface area contributed by atoms with Gasteiger partial charge in [0.05, 0.1) is 7.11 Å². The molecule has 0 aliphatic carbocycles. The maximum atomic E-state index is 11.1. The van der Waals surface area contributed by atoms with Gasteiger partial charge in [0.25, 0.3) is 10.9 Å². The molecule has 0 fully saturated rings. The standard InChI is InChI=1S/C9H13NO3/c1-9(2,3)10-5-6(11)7(12)8(5)13-4/h10H,1-4H3. The highest BCUT2D eigenvalue weighted by atomic mass is 16.5. The Balaban J connectivity index is 2.98. The lowest BCUT2D eigenvalue weighted by molar-refractivity contribution is 0.405. The summed E-state index contributed by atoms with van der Waals surface area (Å²) >= 11 is 0. The van der Waals surface area contributed by atoms with Crippen molar-refractivity contribution in [3.63, 3.8) is 0 Å². The minimum atomic E-state index is -0.547. The monoisotopic (exact) mass is 183 g/mol. The molecular formula is C9H13NO3. The summed E-state index contributed by atoms with van der Waals surface area (Å²) in [7, 11) is 1.38. The van der Waals surface area contributed by atoms with Gasteiger partial charge in [-0.3, -0.25) is 9.59 Å². The van der Waals surface area contributed by atoms with Crippen LogP contribution in [-0.2, 0) is 0 Å². The van der Waals surface area contributed by atoms with Crippen molar-refractivity contribution in [2.45, 2.75) is 26.3 Å². The SMILES string of the molecule is COc1c(NC(C)(C)C)c(=O)c1=O. The van der Waals surface area contributed by atoms with Crippen LogP contribution in [0.15, 0.2) is 9.59 Å². The molecule has 0 heterocycles. The third kappa shape index (κ3) is 1.71. The van der Waals surface area contributed by atoms with Gasteiger partial charge in [0.15, 0.2) is 5.75 Å². The van der Waals surface area contributed by atoms with Gasteiger partial charge in [0, 0.05) is 5.54 Å². The van der Waals surface area contributed by atoms with E-state index in [0.717, 1.165) is 0 Å². The van der Waals surface area contributed by atoms with E-state index in [1.54, 1.807) is 0 Å². The van der Waals surface area contributed by atoms with E-state index in [0.29, 0.717) is 5.69 Å². The summed E-state index contributed by atoms with van der Waals surface area (Å²) in [6.07, 6.45) is 0. The first kappa shape index (κ1) is 9.77. The van der Waals surface area contributed by atoms with Crippen molar-refractivity contribution in [2.75, 3.05) is 12.4 Å². The van der Waals surface area contributed by atoms with Crippen LogP contribution >= 0.6 is 0 Å². The lowest BCUT2D eigenvalue weighted by Gasteiger charge is -2.23. The molecule has 0 aliphatic rings. The smallest absolute Gasteiger partial charge is 0.271 e. The summed E-state index contributed by atoms with van der Waals surface area (Å²) in [5, 5.41) is 2.92. The predicted molar refractivity (Wildman–Crippen MR) is 51.3 cm³/mol. The summed E-state index contributed by atoms with van der Waals surface area (Å²) in [6.45, 7) is 5.72. The second-order valence-corrected chi connectivity index (χ2v) is 3.94. The van der Waals surface area contributed by atoms with Gasteiger partial charge in [0.1, 0.15) is 5.69 Å². The third-order valence-electron chi connectivity index (χ3n) is 1.57. The van der Waals surface area contributed by atoms with Crippen molar-refractivity contribution in [1.29, 1.82) is 0 Å². The number of nitrogens with one attached hydrogen (secondary N) is 1. The van der Waals surface area contributed by atoms with Crippen LogP contribution in [0.1, 0.15) is 20.8 Å². The Kier molecular flexibility index (Phi) is 2.15. The minimum absolute atomic E-state index is 0.139. The van der Waals surface area contributed by atoms with E-state index < -0.39 is 10.9 Å². The lowest BCUT2D eigenvalue weighted by Crippen LogP contribution is -2.40. The van der Waals surface area contributed by atoms with E-state index in [9.17, 15) is 9.59 Å². The molecule has 0 saturated carbocycles. The molecule has 0 saturated heterocycles. The maximum absolute atomic E-state index is 11.1. The van der Waals surface area contributed by atoms with E-state index in [1.807, 2.05) is 20.8 Å². The highest BCUT2D eigenvalue weighted by molar-refractivity contribution is 5.62. The summed E-state index contributed by atoms with van der Waals surface area (Å²) < 4.78 is 4.77. The van der Waals surface area contributed by atoms with Gasteiger partial charge < -0.3 is 10.1 Å². The molecule has 1 aromatic carbocycles. The fraction of sp³-hybridized carbons (Fsp3) is 0.556. The quantitative estimate of drug-likeness (QED) is 0.678. The molecule has 0 bridgehead atoms. The van der Waals surface area contributed by atoms with Crippen molar-refractivity contribution in [3.05, 3.63) is 20.4 Å². The van der Waals surface area contributed by atoms with Crippen LogP contribution in [0, 0.1) is 0 Å². The van der Waals surface area contributed by atoms with Crippen molar-refractivity contribution < 1.29 is 4.74 Å².